The van der Waals surface area contributed by atoms with Gasteiger partial charge in [-0.25, -0.2) is 0 Å². The second-order valence-corrected chi connectivity index (χ2v) is 6.84. The molecule has 2 aliphatic rings. The van der Waals surface area contributed by atoms with Gasteiger partial charge in [-0.1, -0.05) is 30.3 Å². The van der Waals surface area contributed by atoms with Gasteiger partial charge >= 0.3 is 0 Å². The van der Waals surface area contributed by atoms with E-state index < -0.39 is 0 Å². The van der Waals surface area contributed by atoms with Crippen LogP contribution in [0.15, 0.2) is 54.7 Å². The molecular formula is C22H23NO3. The van der Waals surface area contributed by atoms with E-state index in [1.54, 1.807) is 6.07 Å². The maximum Gasteiger partial charge on any atom is 0.165 e. The highest BCUT2D eigenvalue weighted by Crippen LogP contribution is 2.32. The van der Waals surface area contributed by atoms with Gasteiger partial charge in [-0.3, -0.25) is 4.79 Å². The number of Topliss-reactive ketones (excluding diaryl/α,β-unsaturated/α-hetero) is 1. The molecule has 0 radical (unpaired) electrons. The lowest BCUT2D eigenvalue weighted by atomic mass is 10.0. The Morgan fingerprint density at radius 3 is 2.65 bits per heavy atom. The van der Waals surface area contributed by atoms with E-state index >= 15 is 0 Å². The molecule has 2 aromatic rings. The molecular weight excluding hydrogens is 326 g/mol. The molecule has 1 unspecified atom stereocenters. The van der Waals surface area contributed by atoms with Crippen molar-refractivity contribution >= 4 is 11.4 Å². The van der Waals surface area contributed by atoms with Gasteiger partial charge in [0.1, 0.15) is 13.2 Å². The van der Waals surface area contributed by atoms with E-state index in [0.717, 1.165) is 18.7 Å². The van der Waals surface area contributed by atoms with Crippen LogP contribution >= 0.6 is 0 Å². The highest BCUT2D eigenvalue weighted by atomic mass is 16.6. The topological polar surface area (TPSA) is 38.8 Å². The molecule has 2 aliphatic heterocycles. The first kappa shape index (κ1) is 16.7. The second kappa shape index (κ2) is 7.24. The zero-order valence-corrected chi connectivity index (χ0v) is 15.0. The fraction of sp³-hybridized carbons (Fsp3) is 0.318. The third-order valence-electron chi connectivity index (χ3n) is 5.02. The van der Waals surface area contributed by atoms with Crippen molar-refractivity contribution in [3.8, 4) is 11.5 Å². The molecule has 0 amide bonds. The average molecular weight is 349 g/mol. The molecule has 0 aliphatic carbocycles. The Morgan fingerprint density at radius 1 is 1.08 bits per heavy atom. The number of benzene rings is 2. The molecule has 2 heterocycles. The Hall–Kier alpha value is -2.75. The largest absolute Gasteiger partial charge is 0.486 e. The smallest absolute Gasteiger partial charge is 0.165 e. The van der Waals surface area contributed by atoms with Gasteiger partial charge in [0.25, 0.3) is 0 Å². The van der Waals surface area contributed by atoms with Crippen LogP contribution in [0.4, 0.5) is 0 Å². The summed E-state index contributed by atoms with van der Waals surface area (Å²) in [6.07, 6.45) is 3.71. The van der Waals surface area contributed by atoms with Crippen molar-refractivity contribution in [1.82, 2.24) is 4.90 Å². The summed E-state index contributed by atoms with van der Waals surface area (Å²) in [4.78, 5) is 15.0. The van der Waals surface area contributed by atoms with E-state index in [9.17, 15) is 4.79 Å². The molecule has 0 saturated heterocycles. The average Bonchev–Trinajstić information content (AvgIpc) is 3.18. The summed E-state index contributed by atoms with van der Waals surface area (Å²) in [7, 11) is 0. The van der Waals surface area contributed by atoms with Crippen molar-refractivity contribution in [3.05, 3.63) is 65.9 Å². The molecule has 0 saturated carbocycles. The first-order valence-corrected chi connectivity index (χ1v) is 9.15. The Bertz CT molecular complexity index is 829. The zero-order valence-electron chi connectivity index (χ0n) is 15.0. The molecule has 0 spiro atoms. The lowest BCUT2D eigenvalue weighted by molar-refractivity contribution is 0.0950. The van der Waals surface area contributed by atoms with E-state index in [-0.39, 0.29) is 11.8 Å². The molecule has 4 nitrogen and oxygen atoms in total. The highest BCUT2D eigenvalue weighted by Gasteiger charge is 2.22. The van der Waals surface area contributed by atoms with Crippen molar-refractivity contribution < 1.29 is 14.3 Å². The Balaban J connectivity index is 1.42. The Labute approximate surface area is 154 Å². The van der Waals surface area contributed by atoms with Gasteiger partial charge in [-0.2, -0.15) is 0 Å². The summed E-state index contributed by atoms with van der Waals surface area (Å²) >= 11 is 0. The van der Waals surface area contributed by atoms with Crippen LogP contribution in [0.1, 0.15) is 35.7 Å². The van der Waals surface area contributed by atoms with E-state index in [2.05, 4.69) is 42.3 Å². The van der Waals surface area contributed by atoms with Crippen molar-refractivity contribution in [3.63, 3.8) is 0 Å². The monoisotopic (exact) mass is 349 g/mol. The molecule has 4 heteroatoms. The predicted octanol–water partition coefficient (Wildman–Crippen LogP) is 4.17. The first-order chi connectivity index (χ1) is 12.7. The molecule has 0 aromatic heterocycles. The first-order valence-electron chi connectivity index (χ1n) is 9.15. The quantitative estimate of drug-likeness (QED) is 0.760. The molecule has 0 fully saturated rings. The van der Waals surface area contributed by atoms with E-state index in [1.807, 2.05) is 18.2 Å². The fourth-order valence-corrected chi connectivity index (χ4v) is 3.52. The summed E-state index contributed by atoms with van der Waals surface area (Å²) in [6.45, 7) is 4.16. The number of nitrogens with zero attached hydrogens (tertiary/aromatic N) is 1. The zero-order chi connectivity index (χ0) is 17.9. The maximum atomic E-state index is 12.7. The Morgan fingerprint density at radius 2 is 1.85 bits per heavy atom. The minimum atomic E-state index is 0.135. The predicted molar refractivity (Wildman–Crippen MR) is 102 cm³/mol. The van der Waals surface area contributed by atoms with Gasteiger partial charge in [0.05, 0.1) is 0 Å². The molecule has 0 bridgehead atoms. The number of ketones is 1. The second-order valence-electron chi connectivity index (χ2n) is 6.84. The van der Waals surface area contributed by atoms with Crippen LogP contribution < -0.4 is 9.47 Å². The van der Waals surface area contributed by atoms with E-state index in [1.165, 1.54) is 11.1 Å². The number of hydrogen-bond donors (Lipinski definition) is 0. The van der Waals surface area contributed by atoms with Gasteiger partial charge in [0.15, 0.2) is 17.3 Å². The van der Waals surface area contributed by atoms with Crippen molar-refractivity contribution in [1.29, 1.82) is 0 Å². The van der Waals surface area contributed by atoms with Gasteiger partial charge in [0, 0.05) is 30.8 Å². The summed E-state index contributed by atoms with van der Waals surface area (Å²) in [6, 6.07) is 16.1. The fourth-order valence-electron chi connectivity index (χ4n) is 3.52. The summed E-state index contributed by atoms with van der Waals surface area (Å²) in [5, 5.41) is 0. The van der Waals surface area contributed by atoms with Crippen LogP contribution in [0, 0.1) is 0 Å². The van der Waals surface area contributed by atoms with E-state index in [4.69, 9.17) is 9.47 Å². The van der Waals surface area contributed by atoms with Crippen LogP contribution in [0.5, 0.6) is 11.5 Å². The standard InChI is InChI=1S/C22H23NO3/c1-16(23-10-9-19(15-23)17-5-3-2-4-6-17)13-20(24)18-7-8-21-22(14-18)26-12-11-25-21/h2-8,14-16H,9-13H2,1H3. The lowest BCUT2D eigenvalue weighted by Crippen LogP contribution is -2.28. The van der Waals surface area contributed by atoms with Gasteiger partial charge in [-0.15, -0.1) is 0 Å². The number of ether oxygens (including phenoxy) is 2. The number of carbonyl (C=O) groups is 1. The molecule has 134 valence electrons. The number of hydrogen-bond acceptors (Lipinski definition) is 4. The molecule has 1 atom stereocenters. The lowest BCUT2D eigenvalue weighted by Gasteiger charge is -2.24. The minimum Gasteiger partial charge on any atom is -0.486 e. The van der Waals surface area contributed by atoms with Gasteiger partial charge < -0.3 is 14.4 Å². The van der Waals surface area contributed by atoms with E-state index in [0.29, 0.717) is 30.9 Å². The minimum absolute atomic E-state index is 0.135. The molecule has 0 N–H and O–H groups in total. The van der Waals surface area contributed by atoms with Crippen molar-refractivity contribution in [2.45, 2.75) is 25.8 Å². The van der Waals surface area contributed by atoms with Crippen LogP contribution in [0.3, 0.4) is 0 Å². The van der Waals surface area contributed by atoms with Crippen molar-refractivity contribution in [2.24, 2.45) is 0 Å². The van der Waals surface area contributed by atoms with Crippen LogP contribution in [-0.2, 0) is 0 Å². The molecule has 2 aromatic carbocycles. The van der Waals surface area contributed by atoms with Crippen LogP contribution in [0.2, 0.25) is 0 Å². The summed E-state index contributed by atoms with van der Waals surface area (Å²) in [5.41, 5.74) is 3.29. The maximum absolute atomic E-state index is 12.7. The summed E-state index contributed by atoms with van der Waals surface area (Å²) < 4.78 is 11.1. The summed E-state index contributed by atoms with van der Waals surface area (Å²) in [5.74, 6) is 1.52. The van der Waals surface area contributed by atoms with Crippen LogP contribution in [-0.4, -0.2) is 36.5 Å². The third kappa shape index (κ3) is 3.45. The normalized spacial score (nSPS) is 17.0. The Kier molecular flexibility index (Phi) is 4.65. The SMILES string of the molecule is CC(CC(=O)c1ccc2c(c1)OCCO2)N1C=C(c2ccccc2)CC1. The van der Waals surface area contributed by atoms with Crippen molar-refractivity contribution in [2.75, 3.05) is 19.8 Å². The third-order valence-corrected chi connectivity index (χ3v) is 5.02. The van der Waals surface area contributed by atoms with Gasteiger partial charge in [0.2, 0.25) is 0 Å². The number of fused-ring (bicyclic) bond motifs is 1. The highest BCUT2D eigenvalue weighted by molar-refractivity contribution is 5.97. The molecule has 26 heavy (non-hydrogen) atoms. The molecule has 4 rings (SSSR count). The van der Waals surface area contributed by atoms with Gasteiger partial charge in [-0.05, 0) is 42.7 Å². The van der Waals surface area contributed by atoms with Crippen LogP contribution in [0.25, 0.3) is 5.57 Å². The number of rotatable bonds is 5. The number of carbonyl (C=O) groups excluding carboxylic acids is 1.